The molecule has 4 aromatic rings. The summed E-state index contributed by atoms with van der Waals surface area (Å²) in [5.74, 6) is 0.221. The zero-order chi connectivity index (χ0) is 24.5. The predicted octanol–water partition coefficient (Wildman–Crippen LogP) is 3.09. The van der Waals surface area contributed by atoms with E-state index < -0.39 is 11.2 Å². The van der Waals surface area contributed by atoms with E-state index in [0.717, 1.165) is 36.1 Å². The Morgan fingerprint density at radius 2 is 1.80 bits per heavy atom. The molecule has 8 nitrogen and oxygen atoms in total. The third kappa shape index (κ3) is 4.29. The second-order valence-electron chi connectivity index (χ2n) is 8.87. The van der Waals surface area contributed by atoms with Gasteiger partial charge in [-0.15, -0.1) is 0 Å². The quantitative estimate of drug-likeness (QED) is 0.454. The van der Waals surface area contributed by atoms with E-state index in [0.29, 0.717) is 29.2 Å². The highest BCUT2D eigenvalue weighted by molar-refractivity contribution is 5.75. The summed E-state index contributed by atoms with van der Waals surface area (Å²) in [5, 5.41) is 0. The Kier molecular flexibility index (Phi) is 6.07. The van der Waals surface area contributed by atoms with Crippen LogP contribution in [0.15, 0.2) is 63.8 Å². The fraction of sp³-hybridized carbons (Fsp3) is 0.308. The van der Waals surface area contributed by atoms with Gasteiger partial charge < -0.3 is 4.90 Å². The standard InChI is InChI=1S/C26H27FN6O2/c1-30-23-22(24(34)31(2)26(30)35)33(17-19-9-3-4-11-21(19)27)25(29-23)32-14-7-8-18(12-15-32)16-20-10-5-6-13-28-20/h3-6,9-11,13,16H,7-8,12,14-15,17H2,1-2H3/b18-16+. The van der Waals surface area contributed by atoms with Crippen molar-refractivity contribution in [2.24, 2.45) is 14.1 Å². The predicted molar refractivity (Wildman–Crippen MR) is 134 cm³/mol. The van der Waals surface area contributed by atoms with E-state index in [2.05, 4.69) is 16.0 Å². The summed E-state index contributed by atoms with van der Waals surface area (Å²) in [7, 11) is 3.05. The average Bonchev–Trinajstić information content (AvgIpc) is 3.08. The number of benzene rings is 1. The molecule has 0 atom stereocenters. The molecule has 0 bridgehead atoms. The molecule has 180 valence electrons. The number of rotatable bonds is 4. The van der Waals surface area contributed by atoms with E-state index >= 15 is 0 Å². The minimum absolute atomic E-state index is 0.138. The van der Waals surface area contributed by atoms with Crippen LogP contribution < -0.4 is 16.1 Å². The van der Waals surface area contributed by atoms with Crippen LogP contribution in [0.25, 0.3) is 17.2 Å². The number of hydrogen-bond donors (Lipinski definition) is 0. The molecular formula is C26H27FN6O2. The molecule has 0 N–H and O–H groups in total. The van der Waals surface area contributed by atoms with Crippen molar-refractivity contribution in [3.8, 4) is 0 Å². The van der Waals surface area contributed by atoms with Crippen molar-refractivity contribution < 1.29 is 4.39 Å². The molecular weight excluding hydrogens is 447 g/mol. The van der Waals surface area contributed by atoms with Crippen LogP contribution in [0.1, 0.15) is 30.5 Å². The average molecular weight is 475 g/mol. The molecule has 35 heavy (non-hydrogen) atoms. The lowest BCUT2D eigenvalue weighted by Gasteiger charge is -2.22. The van der Waals surface area contributed by atoms with Gasteiger partial charge in [-0.3, -0.25) is 23.5 Å². The molecule has 4 heterocycles. The van der Waals surface area contributed by atoms with Gasteiger partial charge in [-0.05, 0) is 43.5 Å². The first kappa shape index (κ1) is 22.8. The van der Waals surface area contributed by atoms with Crippen LogP contribution in [0.2, 0.25) is 0 Å². The number of anilines is 1. The second kappa shape index (κ2) is 9.32. The number of nitrogens with zero attached hydrogens (tertiary/aromatic N) is 6. The first-order valence-electron chi connectivity index (χ1n) is 11.7. The van der Waals surface area contributed by atoms with Gasteiger partial charge in [0, 0.05) is 38.9 Å². The van der Waals surface area contributed by atoms with Crippen molar-refractivity contribution in [3.05, 3.63) is 92.1 Å². The van der Waals surface area contributed by atoms with E-state index in [-0.39, 0.29) is 12.4 Å². The van der Waals surface area contributed by atoms with Gasteiger partial charge in [-0.1, -0.05) is 29.8 Å². The van der Waals surface area contributed by atoms with Gasteiger partial charge in [0.2, 0.25) is 5.95 Å². The monoisotopic (exact) mass is 474 g/mol. The number of hydrogen-bond acceptors (Lipinski definition) is 5. The maximum absolute atomic E-state index is 14.6. The van der Waals surface area contributed by atoms with E-state index in [1.165, 1.54) is 23.3 Å². The van der Waals surface area contributed by atoms with E-state index in [1.807, 2.05) is 18.2 Å². The Morgan fingerprint density at radius 3 is 2.57 bits per heavy atom. The van der Waals surface area contributed by atoms with Gasteiger partial charge in [-0.25, -0.2) is 9.18 Å². The van der Waals surface area contributed by atoms with Crippen molar-refractivity contribution in [2.45, 2.75) is 25.8 Å². The Hall–Kier alpha value is -4.01. The first-order valence-corrected chi connectivity index (χ1v) is 11.7. The molecule has 1 aromatic carbocycles. The molecule has 0 amide bonds. The molecule has 0 radical (unpaired) electrons. The highest BCUT2D eigenvalue weighted by Gasteiger charge is 2.24. The Balaban J connectivity index is 1.59. The molecule has 0 spiro atoms. The second-order valence-corrected chi connectivity index (χ2v) is 8.87. The highest BCUT2D eigenvalue weighted by Crippen LogP contribution is 2.26. The van der Waals surface area contributed by atoms with Gasteiger partial charge in [0.05, 0.1) is 12.2 Å². The zero-order valence-electron chi connectivity index (χ0n) is 19.8. The molecule has 1 aliphatic rings. The number of halogens is 1. The molecule has 0 unspecified atom stereocenters. The zero-order valence-corrected chi connectivity index (χ0v) is 19.8. The number of aromatic nitrogens is 5. The summed E-state index contributed by atoms with van der Waals surface area (Å²) in [5.41, 5.74) is 2.39. The third-order valence-electron chi connectivity index (χ3n) is 6.57. The summed E-state index contributed by atoms with van der Waals surface area (Å²) in [4.78, 5) is 37.0. The number of pyridine rings is 1. The van der Waals surface area contributed by atoms with Crippen LogP contribution >= 0.6 is 0 Å². The minimum Gasteiger partial charge on any atom is -0.342 e. The van der Waals surface area contributed by atoms with Gasteiger partial charge in [-0.2, -0.15) is 4.98 Å². The van der Waals surface area contributed by atoms with E-state index in [4.69, 9.17) is 4.98 Å². The minimum atomic E-state index is -0.443. The smallest absolute Gasteiger partial charge is 0.332 e. The third-order valence-corrected chi connectivity index (χ3v) is 6.57. The van der Waals surface area contributed by atoms with E-state index in [9.17, 15) is 14.0 Å². The summed E-state index contributed by atoms with van der Waals surface area (Å²) < 4.78 is 18.8. The molecule has 3 aromatic heterocycles. The van der Waals surface area contributed by atoms with Crippen molar-refractivity contribution in [1.82, 2.24) is 23.7 Å². The summed E-state index contributed by atoms with van der Waals surface area (Å²) in [6.45, 7) is 1.56. The Labute approximate surface area is 201 Å². The lowest BCUT2D eigenvalue weighted by Crippen LogP contribution is -2.37. The lowest BCUT2D eigenvalue weighted by molar-refractivity contribution is 0.598. The van der Waals surface area contributed by atoms with Crippen LogP contribution in [0.3, 0.4) is 0 Å². The largest absolute Gasteiger partial charge is 0.342 e. The highest BCUT2D eigenvalue weighted by atomic mass is 19.1. The van der Waals surface area contributed by atoms with Crippen LogP contribution in [0.4, 0.5) is 10.3 Å². The van der Waals surface area contributed by atoms with Gasteiger partial charge in [0.1, 0.15) is 5.82 Å². The Bertz CT molecular complexity index is 1530. The first-order chi connectivity index (χ1) is 16.9. The van der Waals surface area contributed by atoms with Gasteiger partial charge in [0.25, 0.3) is 5.56 Å². The molecule has 0 aliphatic carbocycles. The van der Waals surface area contributed by atoms with Crippen molar-refractivity contribution in [3.63, 3.8) is 0 Å². The van der Waals surface area contributed by atoms with Crippen molar-refractivity contribution >= 4 is 23.2 Å². The van der Waals surface area contributed by atoms with Crippen molar-refractivity contribution in [1.29, 1.82) is 0 Å². The SMILES string of the molecule is Cn1c(=O)c2c(nc(N3CCC/C(=C\c4ccccn4)CC3)n2Cc2ccccc2F)n(C)c1=O. The van der Waals surface area contributed by atoms with Crippen LogP contribution in [-0.4, -0.2) is 36.8 Å². The van der Waals surface area contributed by atoms with Gasteiger partial charge >= 0.3 is 5.69 Å². The molecule has 0 saturated carbocycles. The maximum atomic E-state index is 14.6. The van der Waals surface area contributed by atoms with Crippen LogP contribution in [0, 0.1) is 5.82 Å². The number of fused-ring (bicyclic) bond motifs is 1. The summed E-state index contributed by atoms with van der Waals surface area (Å²) in [6, 6.07) is 12.4. The molecule has 9 heteroatoms. The maximum Gasteiger partial charge on any atom is 0.332 e. The lowest BCUT2D eigenvalue weighted by atomic mass is 10.1. The molecule has 5 rings (SSSR count). The van der Waals surface area contributed by atoms with Crippen LogP contribution in [-0.2, 0) is 20.6 Å². The molecule has 1 aliphatic heterocycles. The van der Waals surface area contributed by atoms with Gasteiger partial charge in [0.15, 0.2) is 11.2 Å². The fourth-order valence-corrected chi connectivity index (χ4v) is 4.65. The summed E-state index contributed by atoms with van der Waals surface area (Å²) >= 11 is 0. The Morgan fingerprint density at radius 1 is 1.00 bits per heavy atom. The number of aryl methyl sites for hydroxylation is 1. The molecule has 1 fully saturated rings. The molecule has 1 saturated heterocycles. The summed E-state index contributed by atoms with van der Waals surface area (Å²) in [6.07, 6.45) is 6.56. The van der Waals surface area contributed by atoms with Crippen molar-refractivity contribution in [2.75, 3.05) is 18.0 Å². The number of imidazole rings is 1. The van der Waals surface area contributed by atoms with Crippen LogP contribution in [0.5, 0.6) is 0 Å². The van der Waals surface area contributed by atoms with E-state index in [1.54, 1.807) is 36.0 Å². The fourth-order valence-electron chi connectivity index (χ4n) is 4.65. The topological polar surface area (TPSA) is 78.0 Å². The normalized spacial score (nSPS) is 15.6.